The van der Waals surface area contributed by atoms with Crippen molar-refractivity contribution >= 4 is 22.5 Å². The Hall–Kier alpha value is -2.80. The van der Waals surface area contributed by atoms with Gasteiger partial charge in [0.2, 0.25) is 0 Å². The minimum atomic E-state index is -0.311. The predicted octanol–water partition coefficient (Wildman–Crippen LogP) is 1.04. The number of rotatable bonds is 4. The molecule has 2 aromatic heterocycles. The summed E-state index contributed by atoms with van der Waals surface area (Å²) in [5, 5.41) is 11.4. The lowest BCUT2D eigenvalue weighted by Crippen LogP contribution is -2.13. The van der Waals surface area contributed by atoms with Crippen LogP contribution >= 0.6 is 0 Å². The summed E-state index contributed by atoms with van der Waals surface area (Å²) < 4.78 is 1.54. The molecule has 0 saturated heterocycles. The summed E-state index contributed by atoms with van der Waals surface area (Å²) in [5.74, 6) is -0.311. The topological polar surface area (TPSA) is 98.7 Å². The van der Waals surface area contributed by atoms with Crippen molar-refractivity contribution in [2.24, 2.45) is 5.73 Å². The van der Waals surface area contributed by atoms with E-state index >= 15 is 0 Å². The maximum absolute atomic E-state index is 12.2. The van der Waals surface area contributed by atoms with Crippen LogP contribution in [0.2, 0.25) is 0 Å². The first-order chi connectivity index (χ1) is 10.3. The first-order valence-electron chi connectivity index (χ1n) is 6.53. The van der Waals surface area contributed by atoms with Gasteiger partial charge in [-0.1, -0.05) is 11.3 Å². The molecule has 0 saturated carbocycles. The van der Waals surface area contributed by atoms with E-state index in [9.17, 15) is 4.79 Å². The molecule has 0 aliphatic rings. The van der Waals surface area contributed by atoms with E-state index in [4.69, 9.17) is 5.73 Å². The van der Waals surface area contributed by atoms with Gasteiger partial charge in [-0.15, -0.1) is 5.10 Å². The summed E-state index contributed by atoms with van der Waals surface area (Å²) in [4.78, 5) is 16.4. The summed E-state index contributed by atoms with van der Waals surface area (Å²) >= 11 is 0. The van der Waals surface area contributed by atoms with E-state index in [0.717, 1.165) is 10.9 Å². The van der Waals surface area contributed by atoms with Crippen molar-refractivity contribution in [3.8, 4) is 0 Å². The van der Waals surface area contributed by atoms with Crippen LogP contribution in [0.15, 0.2) is 42.7 Å². The normalized spacial score (nSPS) is 10.7. The minimum absolute atomic E-state index is 0.254. The van der Waals surface area contributed by atoms with Gasteiger partial charge >= 0.3 is 0 Å². The zero-order valence-corrected chi connectivity index (χ0v) is 11.2. The van der Waals surface area contributed by atoms with Gasteiger partial charge in [0.05, 0.1) is 23.9 Å². The van der Waals surface area contributed by atoms with E-state index in [1.807, 2.05) is 30.3 Å². The van der Waals surface area contributed by atoms with Crippen molar-refractivity contribution < 1.29 is 4.79 Å². The fraction of sp³-hybridized carbons (Fsp3) is 0.143. The Morgan fingerprint density at radius 3 is 3.05 bits per heavy atom. The summed E-state index contributed by atoms with van der Waals surface area (Å²) in [6.45, 7) is 0.970. The van der Waals surface area contributed by atoms with Gasteiger partial charge in [-0.05, 0) is 24.3 Å². The van der Waals surface area contributed by atoms with Crippen LogP contribution in [-0.2, 0) is 6.54 Å². The number of anilines is 1. The molecule has 2 heterocycles. The molecule has 3 aromatic rings. The first-order valence-corrected chi connectivity index (χ1v) is 6.53. The van der Waals surface area contributed by atoms with Crippen LogP contribution in [-0.4, -0.2) is 32.4 Å². The summed E-state index contributed by atoms with van der Waals surface area (Å²) in [6, 6.07) is 9.30. The van der Waals surface area contributed by atoms with Crippen molar-refractivity contribution in [2.45, 2.75) is 6.54 Å². The van der Waals surface area contributed by atoms with Crippen LogP contribution in [0.4, 0.5) is 5.69 Å². The van der Waals surface area contributed by atoms with Gasteiger partial charge in [0.25, 0.3) is 5.91 Å². The van der Waals surface area contributed by atoms with Crippen LogP contribution in [0.25, 0.3) is 10.9 Å². The highest BCUT2D eigenvalue weighted by molar-refractivity contribution is 6.07. The van der Waals surface area contributed by atoms with Gasteiger partial charge in [-0.3, -0.25) is 14.5 Å². The Balaban J connectivity index is 1.85. The quantitative estimate of drug-likeness (QED) is 0.745. The van der Waals surface area contributed by atoms with Crippen LogP contribution in [0.5, 0.6) is 0 Å². The van der Waals surface area contributed by atoms with Gasteiger partial charge in [0.15, 0.2) is 5.69 Å². The number of hydrogen-bond donors (Lipinski definition) is 2. The molecule has 0 bridgehead atoms. The molecule has 0 aliphatic carbocycles. The molecule has 0 fully saturated rings. The third kappa shape index (κ3) is 2.72. The molecule has 0 unspecified atom stereocenters. The van der Waals surface area contributed by atoms with E-state index in [1.165, 1.54) is 0 Å². The second-order valence-electron chi connectivity index (χ2n) is 4.49. The molecular weight excluding hydrogens is 268 g/mol. The van der Waals surface area contributed by atoms with Gasteiger partial charge in [-0.25, -0.2) is 0 Å². The largest absolute Gasteiger partial charge is 0.329 e. The number of amides is 1. The van der Waals surface area contributed by atoms with Crippen molar-refractivity contribution in [2.75, 3.05) is 11.9 Å². The summed E-state index contributed by atoms with van der Waals surface area (Å²) in [5.41, 5.74) is 7.20. The molecule has 21 heavy (non-hydrogen) atoms. The maximum Gasteiger partial charge on any atom is 0.277 e. The third-order valence-corrected chi connectivity index (χ3v) is 3.02. The van der Waals surface area contributed by atoms with Crippen molar-refractivity contribution in [3.05, 3.63) is 48.4 Å². The maximum atomic E-state index is 12.2. The Morgan fingerprint density at radius 1 is 1.29 bits per heavy atom. The third-order valence-electron chi connectivity index (χ3n) is 3.02. The van der Waals surface area contributed by atoms with Crippen molar-refractivity contribution in [1.82, 2.24) is 20.0 Å². The van der Waals surface area contributed by atoms with Gasteiger partial charge in [-0.2, -0.15) is 0 Å². The molecule has 0 aliphatic heterocycles. The highest BCUT2D eigenvalue weighted by Gasteiger charge is 2.12. The number of nitrogens with one attached hydrogen (secondary N) is 1. The molecule has 0 spiro atoms. The average molecular weight is 282 g/mol. The highest BCUT2D eigenvalue weighted by atomic mass is 16.2. The fourth-order valence-electron chi connectivity index (χ4n) is 2.04. The Labute approximate surface area is 120 Å². The molecular formula is C14H14N6O. The van der Waals surface area contributed by atoms with Gasteiger partial charge in [0.1, 0.15) is 0 Å². The molecule has 0 atom stereocenters. The standard InChI is InChI=1S/C14H14N6O/c15-6-8-20-9-13(18-19-20)14(21)17-12-5-1-4-11-10(12)3-2-7-16-11/h1-5,7,9H,6,8,15H2,(H,17,21). The molecule has 7 heteroatoms. The number of carbonyl (C=O) groups excluding carboxylic acids is 1. The van der Waals surface area contributed by atoms with Crippen molar-refractivity contribution in [1.29, 1.82) is 0 Å². The number of benzene rings is 1. The predicted molar refractivity (Wildman–Crippen MR) is 78.8 cm³/mol. The second-order valence-corrected chi connectivity index (χ2v) is 4.49. The van der Waals surface area contributed by atoms with E-state index in [0.29, 0.717) is 18.8 Å². The van der Waals surface area contributed by atoms with E-state index < -0.39 is 0 Å². The highest BCUT2D eigenvalue weighted by Crippen LogP contribution is 2.21. The number of pyridine rings is 1. The number of fused-ring (bicyclic) bond motifs is 1. The number of nitrogens with zero attached hydrogens (tertiary/aromatic N) is 4. The minimum Gasteiger partial charge on any atom is -0.329 e. The Kier molecular flexibility index (Phi) is 3.57. The van der Waals surface area contributed by atoms with Crippen LogP contribution in [0.1, 0.15) is 10.5 Å². The van der Waals surface area contributed by atoms with Gasteiger partial charge in [0, 0.05) is 18.1 Å². The number of hydrogen-bond acceptors (Lipinski definition) is 5. The van der Waals surface area contributed by atoms with E-state index in [2.05, 4.69) is 20.6 Å². The van der Waals surface area contributed by atoms with Crippen LogP contribution in [0.3, 0.4) is 0 Å². The molecule has 1 amide bonds. The zero-order valence-electron chi connectivity index (χ0n) is 11.2. The summed E-state index contributed by atoms with van der Waals surface area (Å²) in [7, 11) is 0. The molecule has 0 radical (unpaired) electrons. The fourth-order valence-corrected chi connectivity index (χ4v) is 2.04. The Bertz CT molecular complexity index is 776. The number of nitrogens with two attached hydrogens (primary N) is 1. The smallest absolute Gasteiger partial charge is 0.277 e. The molecule has 1 aromatic carbocycles. The molecule has 3 rings (SSSR count). The monoisotopic (exact) mass is 282 g/mol. The lowest BCUT2D eigenvalue weighted by Gasteiger charge is -2.06. The average Bonchev–Trinajstić information content (AvgIpc) is 2.97. The second kappa shape index (κ2) is 5.68. The molecule has 106 valence electrons. The number of carbonyl (C=O) groups is 1. The van der Waals surface area contributed by atoms with Crippen LogP contribution < -0.4 is 11.1 Å². The van der Waals surface area contributed by atoms with Crippen molar-refractivity contribution in [3.63, 3.8) is 0 Å². The first kappa shape index (κ1) is 13.2. The zero-order chi connectivity index (χ0) is 14.7. The van der Waals surface area contributed by atoms with E-state index in [-0.39, 0.29) is 11.6 Å². The molecule has 7 nitrogen and oxygen atoms in total. The van der Waals surface area contributed by atoms with Crippen LogP contribution in [0, 0.1) is 0 Å². The lowest BCUT2D eigenvalue weighted by atomic mass is 10.2. The van der Waals surface area contributed by atoms with Gasteiger partial charge < -0.3 is 11.1 Å². The van der Waals surface area contributed by atoms with E-state index in [1.54, 1.807) is 17.1 Å². The number of aromatic nitrogens is 4. The SMILES string of the molecule is NCCn1cc(C(=O)Nc2cccc3ncccc23)nn1. The molecule has 3 N–H and O–H groups in total. The lowest BCUT2D eigenvalue weighted by molar-refractivity contribution is 0.102. The Morgan fingerprint density at radius 2 is 2.19 bits per heavy atom. The summed E-state index contributed by atoms with van der Waals surface area (Å²) in [6.07, 6.45) is 3.29.